The summed E-state index contributed by atoms with van der Waals surface area (Å²) in [5, 5.41) is 3.77. The van der Waals surface area contributed by atoms with Gasteiger partial charge in [0.2, 0.25) is 0 Å². The number of halogens is 1. The molecular weight excluding hydrogens is 340 g/mol. The fourth-order valence-corrected chi connectivity index (χ4v) is 3.34. The van der Waals surface area contributed by atoms with Gasteiger partial charge in [0.25, 0.3) is 5.91 Å². The fraction of sp³-hybridized carbons (Fsp3) is 0.158. The zero-order valence-corrected chi connectivity index (χ0v) is 14.3. The Hall–Kier alpha value is -2.79. The van der Waals surface area contributed by atoms with E-state index in [1.54, 1.807) is 23.1 Å². The van der Waals surface area contributed by atoms with Crippen LogP contribution in [0.4, 0.5) is 11.4 Å². The van der Waals surface area contributed by atoms with E-state index >= 15 is 0 Å². The van der Waals surface area contributed by atoms with E-state index < -0.39 is 0 Å². The molecule has 126 valence electrons. The number of fused-ring (bicyclic) bond motifs is 2. The lowest BCUT2D eigenvalue weighted by Crippen LogP contribution is -2.40. The van der Waals surface area contributed by atoms with Crippen molar-refractivity contribution in [2.45, 2.75) is 6.42 Å². The van der Waals surface area contributed by atoms with Crippen LogP contribution in [-0.4, -0.2) is 19.5 Å². The maximum Gasteiger partial charge on any atom is 0.294 e. The van der Waals surface area contributed by atoms with Crippen LogP contribution in [0, 0.1) is 0 Å². The second kappa shape index (κ2) is 5.93. The van der Waals surface area contributed by atoms with Gasteiger partial charge in [0.1, 0.15) is 0 Å². The summed E-state index contributed by atoms with van der Waals surface area (Å²) in [4.78, 5) is 27.2. The Morgan fingerprint density at radius 1 is 1.12 bits per heavy atom. The minimum absolute atomic E-state index is 0.0783. The molecule has 25 heavy (non-hydrogen) atoms. The van der Waals surface area contributed by atoms with E-state index in [0.29, 0.717) is 28.9 Å². The Morgan fingerprint density at radius 2 is 1.88 bits per heavy atom. The highest BCUT2D eigenvalue weighted by Gasteiger charge is 2.31. The third kappa shape index (κ3) is 2.48. The summed E-state index contributed by atoms with van der Waals surface area (Å²) in [6.45, 7) is 0.432. The predicted octanol–water partition coefficient (Wildman–Crippen LogP) is 3.69. The molecule has 3 aromatic rings. The summed E-state index contributed by atoms with van der Waals surface area (Å²) in [7, 11) is 1.83. The molecule has 0 aliphatic carbocycles. The number of hydrogen-bond acceptors (Lipinski definition) is 4. The lowest BCUT2D eigenvalue weighted by molar-refractivity contribution is 0.0952. The number of nitrogens with one attached hydrogen (secondary N) is 1. The molecule has 0 saturated heterocycles. The number of carbonyl (C=O) groups is 1. The van der Waals surface area contributed by atoms with E-state index in [4.69, 9.17) is 16.0 Å². The highest BCUT2D eigenvalue weighted by molar-refractivity contribution is 6.34. The first-order valence-electron chi connectivity index (χ1n) is 7.94. The summed E-state index contributed by atoms with van der Waals surface area (Å²) in [5.74, 6) is -0.244. The molecule has 4 rings (SSSR count). The van der Waals surface area contributed by atoms with Crippen LogP contribution in [-0.2, 0) is 6.42 Å². The Bertz CT molecular complexity index is 1040. The highest BCUT2D eigenvalue weighted by atomic mass is 35.5. The second-order valence-electron chi connectivity index (χ2n) is 5.86. The van der Waals surface area contributed by atoms with Crippen molar-refractivity contribution < 1.29 is 9.21 Å². The van der Waals surface area contributed by atoms with Crippen molar-refractivity contribution in [3.8, 4) is 0 Å². The van der Waals surface area contributed by atoms with E-state index in [0.717, 1.165) is 11.4 Å². The summed E-state index contributed by atoms with van der Waals surface area (Å²) in [6, 6.07) is 12.5. The van der Waals surface area contributed by atoms with Gasteiger partial charge in [-0.25, -0.2) is 0 Å². The van der Waals surface area contributed by atoms with Crippen molar-refractivity contribution >= 4 is 39.9 Å². The van der Waals surface area contributed by atoms with E-state index in [1.165, 1.54) is 0 Å². The molecule has 1 N–H and O–H groups in total. The van der Waals surface area contributed by atoms with Crippen molar-refractivity contribution in [3.05, 3.63) is 69.0 Å². The third-order valence-electron chi connectivity index (χ3n) is 4.46. The van der Waals surface area contributed by atoms with Crippen LogP contribution in [0.3, 0.4) is 0 Å². The van der Waals surface area contributed by atoms with E-state index in [-0.39, 0.29) is 22.7 Å². The van der Waals surface area contributed by atoms with Crippen LogP contribution in [0.15, 0.2) is 51.7 Å². The standard InChI is InChI=1S/C19H15ClN2O3/c1-21-11-5-7-12(8-6-11)22-10-9-14-16(23)13-3-2-4-15(20)17(13)25-18(14)19(22)24/h2-8,21H,9-10H2,1H3. The minimum atomic E-state index is -0.322. The van der Waals surface area contributed by atoms with Crippen molar-refractivity contribution in [1.82, 2.24) is 0 Å². The van der Waals surface area contributed by atoms with Crippen LogP contribution in [0.5, 0.6) is 0 Å². The summed E-state index contributed by atoms with van der Waals surface area (Å²) >= 11 is 6.14. The molecule has 0 spiro atoms. The molecule has 5 nitrogen and oxygen atoms in total. The molecule has 0 unspecified atom stereocenters. The zero-order chi connectivity index (χ0) is 17.6. The second-order valence-corrected chi connectivity index (χ2v) is 6.27. The van der Waals surface area contributed by atoms with Gasteiger partial charge in [-0.05, 0) is 42.8 Å². The van der Waals surface area contributed by atoms with Gasteiger partial charge in [0.05, 0.1) is 16.0 Å². The topological polar surface area (TPSA) is 62.6 Å². The number of anilines is 2. The monoisotopic (exact) mass is 354 g/mol. The lowest BCUT2D eigenvalue weighted by atomic mass is 10.0. The van der Waals surface area contributed by atoms with Crippen LogP contribution >= 0.6 is 11.6 Å². The summed E-state index contributed by atoms with van der Waals surface area (Å²) < 4.78 is 5.77. The molecule has 1 aliphatic heterocycles. The molecule has 0 fully saturated rings. The lowest BCUT2D eigenvalue weighted by Gasteiger charge is -2.27. The molecule has 0 radical (unpaired) electrons. The molecule has 6 heteroatoms. The Labute approximate surface area is 148 Å². The number of benzene rings is 2. The molecule has 0 bridgehead atoms. The van der Waals surface area contributed by atoms with Gasteiger partial charge in [-0.1, -0.05) is 17.7 Å². The van der Waals surface area contributed by atoms with Gasteiger partial charge in [-0.15, -0.1) is 0 Å². The van der Waals surface area contributed by atoms with Crippen molar-refractivity contribution in [2.24, 2.45) is 0 Å². The number of amides is 1. The van der Waals surface area contributed by atoms with Gasteiger partial charge >= 0.3 is 0 Å². The van der Waals surface area contributed by atoms with Gasteiger partial charge in [0.15, 0.2) is 16.8 Å². The minimum Gasteiger partial charge on any atom is -0.449 e. The quantitative estimate of drug-likeness (QED) is 0.762. The number of para-hydroxylation sites is 1. The first-order chi connectivity index (χ1) is 12.1. The molecule has 1 aromatic heterocycles. The first-order valence-corrected chi connectivity index (χ1v) is 8.32. The largest absolute Gasteiger partial charge is 0.449 e. The van der Waals surface area contributed by atoms with Crippen molar-refractivity contribution in [1.29, 1.82) is 0 Å². The number of hydrogen-bond donors (Lipinski definition) is 1. The number of nitrogens with zero attached hydrogens (tertiary/aromatic N) is 1. The molecule has 2 aromatic carbocycles. The van der Waals surface area contributed by atoms with Crippen molar-refractivity contribution in [2.75, 3.05) is 23.8 Å². The molecule has 0 saturated carbocycles. The molecule has 1 amide bonds. The third-order valence-corrected chi connectivity index (χ3v) is 4.75. The van der Waals surface area contributed by atoms with Crippen LogP contribution in [0.25, 0.3) is 11.0 Å². The fourth-order valence-electron chi connectivity index (χ4n) is 3.12. The Morgan fingerprint density at radius 3 is 2.60 bits per heavy atom. The van der Waals surface area contributed by atoms with Gasteiger partial charge in [-0.2, -0.15) is 0 Å². The zero-order valence-electron chi connectivity index (χ0n) is 13.5. The average Bonchev–Trinajstić information content (AvgIpc) is 2.64. The average molecular weight is 355 g/mol. The van der Waals surface area contributed by atoms with E-state index in [9.17, 15) is 9.59 Å². The van der Waals surface area contributed by atoms with E-state index in [2.05, 4.69) is 5.32 Å². The van der Waals surface area contributed by atoms with Gasteiger partial charge in [0, 0.05) is 25.0 Å². The Balaban J connectivity index is 1.83. The van der Waals surface area contributed by atoms with Crippen molar-refractivity contribution in [3.63, 3.8) is 0 Å². The summed E-state index contributed by atoms with van der Waals surface area (Å²) in [5.41, 5.74) is 2.21. The van der Waals surface area contributed by atoms with Crippen LogP contribution < -0.4 is 15.6 Å². The number of carbonyl (C=O) groups excluding carboxylic acids is 1. The molecule has 1 aliphatic rings. The first kappa shape index (κ1) is 15.7. The van der Waals surface area contributed by atoms with Crippen LogP contribution in [0.1, 0.15) is 16.1 Å². The molecule has 0 atom stereocenters. The molecular formula is C19H15ClN2O3. The summed E-state index contributed by atoms with van der Waals surface area (Å²) in [6.07, 6.45) is 0.444. The van der Waals surface area contributed by atoms with Crippen LogP contribution in [0.2, 0.25) is 5.02 Å². The normalized spacial score (nSPS) is 13.8. The Kier molecular flexibility index (Phi) is 3.73. The van der Waals surface area contributed by atoms with Gasteiger partial charge in [-0.3, -0.25) is 9.59 Å². The maximum absolute atomic E-state index is 12.9. The predicted molar refractivity (Wildman–Crippen MR) is 98.9 cm³/mol. The van der Waals surface area contributed by atoms with E-state index in [1.807, 2.05) is 31.3 Å². The molecule has 2 heterocycles. The smallest absolute Gasteiger partial charge is 0.294 e. The van der Waals surface area contributed by atoms with Gasteiger partial charge < -0.3 is 14.6 Å². The maximum atomic E-state index is 12.9. The highest BCUT2D eigenvalue weighted by Crippen LogP contribution is 2.29. The SMILES string of the molecule is CNc1ccc(N2CCc3c(oc4c(Cl)cccc4c3=O)C2=O)cc1. The number of rotatable bonds is 2.